The zero-order valence-electron chi connectivity index (χ0n) is 8.78. The Morgan fingerprint density at radius 1 is 1.20 bits per heavy atom. The van der Waals surface area contributed by atoms with Crippen LogP contribution in [0.2, 0.25) is 0 Å². The molecule has 0 radical (unpaired) electrons. The third kappa shape index (κ3) is 2.34. The second kappa shape index (κ2) is 4.15. The van der Waals surface area contributed by atoms with Gasteiger partial charge in [-0.25, -0.2) is 0 Å². The summed E-state index contributed by atoms with van der Waals surface area (Å²) < 4.78 is 2.40. The van der Waals surface area contributed by atoms with Crippen molar-refractivity contribution >= 4 is 47.8 Å². The van der Waals surface area contributed by atoms with Crippen LogP contribution in [0.5, 0.6) is 0 Å². The van der Waals surface area contributed by atoms with Gasteiger partial charge < -0.3 is 0 Å². The molecule has 1 aromatic carbocycles. The molecule has 0 spiro atoms. The van der Waals surface area contributed by atoms with Crippen molar-refractivity contribution in [2.24, 2.45) is 5.41 Å². The van der Waals surface area contributed by atoms with Crippen molar-refractivity contribution < 1.29 is 0 Å². The van der Waals surface area contributed by atoms with Gasteiger partial charge in [-0.1, -0.05) is 54.7 Å². The summed E-state index contributed by atoms with van der Waals surface area (Å²) in [5.41, 5.74) is 3.08. The molecule has 0 bridgehead atoms. The zero-order valence-corrected chi connectivity index (χ0v) is 13.5. The topological polar surface area (TPSA) is 0 Å². The molecule has 82 valence electrons. The van der Waals surface area contributed by atoms with E-state index in [9.17, 15) is 0 Å². The van der Waals surface area contributed by atoms with Crippen molar-refractivity contribution in [3.63, 3.8) is 0 Å². The molecule has 1 aliphatic carbocycles. The van der Waals surface area contributed by atoms with E-state index in [1.54, 1.807) is 0 Å². The zero-order chi connectivity index (χ0) is 11.2. The molecule has 1 atom stereocenters. The number of alkyl halides is 1. The average molecular weight is 397 g/mol. The van der Waals surface area contributed by atoms with Crippen molar-refractivity contribution in [3.8, 4) is 0 Å². The van der Waals surface area contributed by atoms with Crippen molar-refractivity contribution in [2.45, 2.75) is 31.5 Å². The van der Waals surface area contributed by atoms with Gasteiger partial charge in [-0.3, -0.25) is 0 Å². The van der Waals surface area contributed by atoms with Crippen LogP contribution in [0.25, 0.3) is 0 Å². The lowest BCUT2D eigenvalue weighted by molar-refractivity contribution is 0.563. The quantitative estimate of drug-likeness (QED) is 0.558. The fraction of sp³-hybridized carbons (Fsp3) is 0.500. The molecule has 15 heavy (non-hydrogen) atoms. The molecule has 0 aromatic heterocycles. The number of rotatable bonds is 2. The van der Waals surface area contributed by atoms with Gasteiger partial charge in [0.15, 0.2) is 0 Å². The summed E-state index contributed by atoms with van der Waals surface area (Å²) in [7, 11) is 0. The number of hydrogen-bond acceptors (Lipinski definition) is 0. The minimum Gasteiger partial charge on any atom is -0.0832 e. The Kier molecular flexibility index (Phi) is 3.36. The second-order valence-electron chi connectivity index (χ2n) is 4.64. The van der Waals surface area contributed by atoms with Crippen LogP contribution in [0.15, 0.2) is 21.1 Å². The average Bonchev–Trinajstić information content (AvgIpc) is 2.90. The van der Waals surface area contributed by atoms with E-state index in [4.69, 9.17) is 0 Å². The molecule has 0 nitrogen and oxygen atoms in total. The number of hydrogen-bond donors (Lipinski definition) is 0. The molecular weight excluding hydrogens is 384 g/mol. The molecule has 1 unspecified atom stereocenters. The Labute approximate surface area is 116 Å². The van der Waals surface area contributed by atoms with Gasteiger partial charge in [-0.2, -0.15) is 0 Å². The highest BCUT2D eigenvalue weighted by molar-refractivity contribution is 9.11. The first-order valence-corrected chi connectivity index (χ1v) is 7.54. The standard InChI is InChI=1S/C12H13Br3/c1-7-5-10(14)8(6-9(7)13)11(15)12(2)3-4-12/h5-6,11H,3-4H2,1-2H3. The number of halogens is 3. The van der Waals surface area contributed by atoms with Gasteiger partial charge in [-0.05, 0) is 48.4 Å². The van der Waals surface area contributed by atoms with Gasteiger partial charge >= 0.3 is 0 Å². The van der Waals surface area contributed by atoms with Crippen LogP contribution >= 0.6 is 47.8 Å². The maximum atomic E-state index is 3.83. The molecular formula is C12H13Br3. The molecule has 1 fully saturated rings. The lowest BCUT2D eigenvalue weighted by Gasteiger charge is -2.19. The summed E-state index contributed by atoms with van der Waals surface area (Å²) in [5.74, 6) is 0. The van der Waals surface area contributed by atoms with E-state index in [1.165, 1.54) is 32.9 Å². The first kappa shape index (κ1) is 12.1. The van der Waals surface area contributed by atoms with Gasteiger partial charge in [0.2, 0.25) is 0 Å². The fourth-order valence-corrected chi connectivity index (χ4v) is 3.87. The van der Waals surface area contributed by atoms with E-state index in [-0.39, 0.29) is 0 Å². The summed E-state index contributed by atoms with van der Waals surface area (Å²) >= 11 is 11.1. The van der Waals surface area contributed by atoms with E-state index < -0.39 is 0 Å². The molecule has 2 rings (SSSR count). The molecule has 0 saturated heterocycles. The second-order valence-corrected chi connectivity index (χ2v) is 7.26. The maximum absolute atomic E-state index is 3.83. The molecule has 0 aliphatic heterocycles. The first-order valence-electron chi connectivity index (χ1n) is 5.04. The SMILES string of the molecule is Cc1cc(Br)c(C(Br)C2(C)CC2)cc1Br. The Bertz CT molecular complexity index is 394. The first-order chi connectivity index (χ1) is 6.94. The van der Waals surface area contributed by atoms with Gasteiger partial charge in [0.1, 0.15) is 0 Å². The van der Waals surface area contributed by atoms with E-state index in [0.29, 0.717) is 10.2 Å². The third-order valence-electron chi connectivity index (χ3n) is 3.20. The van der Waals surface area contributed by atoms with Crippen LogP contribution < -0.4 is 0 Å². The molecule has 1 saturated carbocycles. The highest BCUT2D eigenvalue weighted by Gasteiger charge is 2.44. The van der Waals surface area contributed by atoms with Gasteiger partial charge in [-0.15, -0.1) is 0 Å². The molecule has 0 heterocycles. The van der Waals surface area contributed by atoms with Crippen molar-refractivity contribution in [1.29, 1.82) is 0 Å². The van der Waals surface area contributed by atoms with Crippen LogP contribution in [0.4, 0.5) is 0 Å². The van der Waals surface area contributed by atoms with Gasteiger partial charge in [0, 0.05) is 13.8 Å². The molecule has 3 heteroatoms. The van der Waals surface area contributed by atoms with E-state index in [2.05, 4.69) is 73.8 Å². The normalized spacial score (nSPS) is 20.1. The summed E-state index contributed by atoms with van der Waals surface area (Å²) in [6.45, 7) is 4.45. The van der Waals surface area contributed by atoms with Crippen molar-refractivity contribution in [2.75, 3.05) is 0 Å². The predicted octanol–water partition coefficient (Wildman–Crippen LogP) is 5.76. The van der Waals surface area contributed by atoms with Crippen molar-refractivity contribution in [3.05, 3.63) is 32.2 Å². The summed E-state index contributed by atoms with van der Waals surface area (Å²) in [5, 5.41) is 0. The summed E-state index contributed by atoms with van der Waals surface area (Å²) in [6.07, 6.45) is 2.64. The van der Waals surface area contributed by atoms with Crippen LogP contribution in [0.1, 0.15) is 35.7 Å². The molecule has 0 N–H and O–H groups in total. The van der Waals surface area contributed by atoms with E-state index >= 15 is 0 Å². The minimum atomic E-state index is 0.455. The number of benzene rings is 1. The van der Waals surface area contributed by atoms with Gasteiger partial charge in [0.25, 0.3) is 0 Å². The molecule has 1 aliphatic rings. The number of aryl methyl sites for hydroxylation is 1. The minimum absolute atomic E-state index is 0.455. The Morgan fingerprint density at radius 2 is 1.80 bits per heavy atom. The maximum Gasteiger partial charge on any atom is 0.0460 e. The van der Waals surface area contributed by atoms with Gasteiger partial charge in [0.05, 0.1) is 0 Å². The van der Waals surface area contributed by atoms with Crippen molar-refractivity contribution in [1.82, 2.24) is 0 Å². The Hall–Kier alpha value is 0.660. The lowest BCUT2D eigenvalue weighted by atomic mass is 9.98. The Balaban J connectivity index is 2.39. The monoisotopic (exact) mass is 394 g/mol. The predicted molar refractivity (Wildman–Crippen MR) is 75.6 cm³/mol. The van der Waals surface area contributed by atoms with Crippen LogP contribution in [0, 0.1) is 12.3 Å². The lowest BCUT2D eigenvalue weighted by Crippen LogP contribution is -2.04. The van der Waals surface area contributed by atoms with E-state index in [1.807, 2.05) is 0 Å². The molecule has 1 aromatic rings. The Morgan fingerprint density at radius 3 is 2.33 bits per heavy atom. The van der Waals surface area contributed by atoms with E-state index in [0.717, 1.165) is 0 Å². The van der Waals surface area contributed by atoms with Crippen LogP contribution in [-0.4, -0.2) is 0 Å². The fourth-order valence-electron chi connectivity index (χ4n) is 1.68. The third-order valence-corrected chi connectivity index (χ3v) is 6.34. The summed E-state index contributed by atoms with van der Waals surface area (Å²) in [6, 6.07) is 4.40. The largest absolute Gasteiger partial charge is 0.0832 e. The van der Waals surface area contributed by atoms with Crippen LogP contribution in [0.3, 0.4) is 0 Å². The molecule has 0 amide bonds. The highest BCUT2D eigenvalue weighted by atomic mass is 79.9. The highest BCUT2D eigenvalue weighted by Crippen LogP contribution is 2.59. The summed E-state index contributed by atoms with van der Waals surface area (Å²) in [4.78, 5) is 0.455. The van der Waals surface area contributed by atoms with Crippen LogP contribution in [-0.2, 0) is 0 Å². The smallest absolute Gasteiger partial charge is 0.0460 e.